The first kappa shape index (κ1) is 18.9. The highest BCUT2D eigenvalue weighted by Gasteiger charge is 2.20. The number of para-hydroxylation sites is 1. The van der Waals surface area contributed by atoms with Crippen LogP contribution in [0.4, 0.5) is 0 Å². The number of nitriles is 1. The van der Waals surface area contributed by atoms with Crippen LogP contribution in [0, 0.1) is 11.3 Å². The smallest absolute Gasteiger partial charge is 0.269 e. The molecule has 2 aromatic carbocycles. The minimum absolute atomic E-state index is 0.00758. The molecule has 1 atom stereocenters. The monoisotopic (exact) mass is 421 g/mol. The standard InChI is InChI=1S/C22H20BrN3O/c1-16(11-12-17-7-3-2-4-8-17)25-22(27)21-18(15-24)13-14-26(21)20-10-6-5-9-19(20)23/h2-10,13-14,16H,11-12H2,1H3,(H,25,27). The Morgan fingerprint density at radius 1 is 1.15 bits per heavy atom. The van der Waals surface area contributed by atoms with Crippen LogP contribution in [-0.2, 0) is 6.42 Å². The van der Waals surface area contributed by atoms with Gasteiger partial charge in [0.2, 0.25) is 0 Å². The molecule has 0 bridgehead atoms. The average molecular weight is 422 g/mol. The normalized spacial score (nSPS) is 11.6. The molecule has 1 unspecified atom stereocenters. The highest BCUT2D eigenvalue weighted by Crippen LogP contribution is 2.24. The van der Waals surface area contributed by atoms with E-state index >= 15 is 0 Å². The molecule has 136 valence electrons. The highest BCUT2D eigenvalue weighted by atomic mass is 79.9. The second kappa shape index (κ2) is 8.70. The van der Waals surface area contributed by atoms with E-state index in [1.807, 2.05) is 49.4 Å². The zero-order valence-corrected chi connectivity index (χ0v) is 16.6. The van der Waals surface area contributed by atoms with Gasteiger partial charge in [-0.2, -0.15) is 5.26 Å². The maximum Gasteiger partial charge on any atom is 0.269 e. The largest absolute Gasteiger partial charge is 0.348 e. The third kappa shape index (κ3) is 4.47. The van der Waals surface area contributed by atoms with Crippen LogP contribution in [0.3, 0.4) is 0 Å². The Hall–Kier alpha value is -2.84. The zero-order valence-electron chi connectivity index (χ0n) is 15.0. The molecule has 4 nitrogen and oxygen atoms in total. The fourth-order valence-electron chi connectivity index (χ4n) is 2.99. The van der Waals surface area contributed by atoms with E-state index in [1.165, 1.54) is 5.56 Å². The van der Waals surface area contributed by atoms with Gasteiger partial charge in [0.25, 0.3) is 5.91 Å². The number of nitrogens with zero attached hydrogens (tertiary/aromatic N) is 2. The quantitative estimate of drug-likeness (QED) is 0.617. The van der Waals surface area contributed by atoms with E-state index in [0.717, 1.165) is 23.0 Å². The number of hydrogen-bond donors (Lipinski definition) is 1. The van der Waals surface area contributed by atoms with Crippen molar-refractivity contribution >= 4 is 21.8 Å². The van der Waals surface area contributed by atoms with Crippen LogP contribution < -0.4 is 5.32 Å². The van der Waals surface area contributed by atoms with Gasteiger partial charge in [0, 0.05) is 16.7 Å². The lowest BCUT2D eigenvalue weighted by Crippen LogP contribution is -2.34. The summed E-state index contributed by atoms with van der Waals surface area (Å²) in [4.78, 5) is 12.9. The lowest BCUT2D eigenvalue weighted by molar-refractivity contribution is 0.0931. The third-order valence-corrected chi connectivity index (χ3v) is 5.09. The number of carbonyl (C=O) groups excluding carboxylic acids is 1. The van der Waals surface area contributed by atoms with Crippen LogP contribution in [0.15, 0.2) is 71.3 Å². The topological polar surface area (TPSA) is 57.8 Å². The van der Waals surface area contributed by atoms with Crippen molar-refractivity contribution in [1.82, 2.24) is 9.88 Å². The number of aromatic nitrogens is 1. The lowest BCUT2D eigenvalue weighted by atomic mass is 10.1. The van der Waals surface area contributed by atoms with Gasteiger partial charge < -0.3 is 9.88 Å². The second-order valence-corrected chi connectivity index (χ2v) is 7.26. The number of rotatable bonds is 6. The predicted octanol–water partition coefficient (Wildman–Crippen LogP) is 4.86. The summed E-state index contributed by atoms with van der Waals surface area (Å²) < 4.78 is 2.61. The fraction of sp³-hybridized carbons (Fsp3) is 0.182. The molecule has 27 heavy (non-hydrogen) atoms. The molecule has 1 N–H and O–H groups in total. The van der Waals surface area contributed by atoms with Crippen LogP contribution in [0.2, 0.25) is 0 Å². The van der Waals surface area contributed by atoms with Gasteiger partial charge in [0.05, 0.1) is 11.3 Å². The van der Waals surface area contributed by atoms with Crippen LogP contribution in [0.5, 0.6) is 0 Å². The van der Waals surface area contributed by atoms with Gasteiger partial charge in [0.15, 0.2) is 0 Å². The molecule has 1 amide bonds. The number of halogens is 1. The van der Waals surface area contributed by atoms with E-state index in [4.69, 9.17) is 0 Å². The molecule has 0 spiro atoms. The molecule has 1 heterocycles. The predicted molar refractivity (Wildman–Crippen MR) is 110 cm³/mol. The highest BCUT2D eigenvalue weighted by molar-refractivity contribution is 9.10. The molecule has 0 radical (unpaired) electrons. The molecule has 5 heteroatoms. The Morgan fingerprint density at radius 2 is 1.85 bits per heavy atom. The van der Waals surface area contributed by atoms with Crippen LogP contribution in [0.25, 0.3) is 5.69 Å². The van der Waals surface area contributed by atoms with Gasteiger partial charge in [-0.05, 0) is 59.5 Å². The molecule has 0 aliphatic rings. The summed E-state index contributed by atoms with van der Waals surface area (Å²) in [5, 5.41) is 12.5. The Balaban J connectivity index is 1.77. The van der Waals surface area contributed by atoms with Crippen molar-refractivity contribution in [3.8, 4) is 11.8 Å². The van der Waals surface area contributed by atoms with Crippen molar-refractivity contribution in [2.45, 2.75) is 25.8 Å². The molecule has 0 aliphatic carbocycles. The van der Waals surface area contributed by atoms with E-state index in [2.05, 4.69) is 39.4 Å². The van der Waals surface area contributed by atoms with Crippen molar-refractivity contribution in [1.29, 1.82) is 5.26 Å². The van der Waals surface area contributed by atoms with Crippen molar-refractivity contribution in [3.05, 3.63) is 88.2 Å². The van der Waals surface area contributed by atoms with Gasteiger partial charge in [-0.1, -0.05) is 42.5 Å². The Morgan fingerprint density at radius 3 is 2.56 bits per heavy atom. The van der Waals surface area contributed by atoms with E-state index in [1.54, 1.807) is 16.8 Å². The Kier molecular flexibility index (Phi) is 6.10. The maximum absolute atomic E-state index is 12.9. The summed E-state index contributed by atoms with van der Waals surface area (Å²) in [6.07, 6.45) is 3.47. The lowest BCUT2D eigenvalue weighted by Gasteiger charge is -2.16. The zero-order chi connectivity index (χ0) is 19.2. The van der Waals surface area contributed by atoms with Gasteiger partial charge in [0.1, 0.15) is 11.8 Å². The molecule has 0 saturated carbocycles. The van der Waals surface area contributed by atoms with E-state index < -0.39 is 0 Å². The summed E-state index contributed by atoms with van der Waals surface area (Å²) >= 11 is 3.51. The molecule has 3 rings (SSSR count). The van der Waals surface area contributed by atoms with Crippen molar-refractivity contribution < 1.29 is 4.79 Å². The number of amides is 1. The number of carbonyl (C=O) groups is 1. The average Bonchev–Trinajstić information content (AvgIpc) is 3.11. The van der Waals surface area contributed by atoms with Crippen molar-refractivity contribution in [3.63, 3.8) is 0 Å². The summed E-state index contributed by atoms with van der Waals surface area (Å²) in [7, 11) is 0. The summed E-state index contributed by atoms with van der Waals surface area (Å²) in [6.45, 7) is 1.98. The summed E-state index contributed by atoms with van der Waals surface area (Å²) in [6, 6.07) is 21.6. The van der Waals surface area contributed by atoms with E-state index in [-0.39, 0.29) is 11.9 Å². The van der Waals surface area contributed by atoms with Gasteiger partial charge in [-0.15, -0.1) is 0 Å². The first-order valence-corrected chi connectivity index (χ1v) is 9.60. The number of benzene rings is 2. The van der Waals surface area contributed by atoms with E-state index in [9.17, 15) is 10.1 Å². The van der Waals surface area contributed by atoms with E-state index in [0.29, 0.717) is 11.3 Å². The second-order valence-electron chi connectivity index (χ2n) is 6.41. The van der Waals surface area contributed by atoms with Crippen LogP contribution >= 0.6 is 15.9 Å². The van der Waals surface area contributed by atoms with Gasteiger partial charge >= 0.3 is 0 Å². The molecule has 0 aliphatic heterocycles. The van der Waals surface area contributed by atoms with Gasteiger partial charge in [-0.25, -0.2) is 0 Å². The first-order chi connectivity index (χ1) is 13.1. The minimum atomic E-state index is -0.243. The molecule has 1 aromatic heterocycles. The number of aryl methyl sites for hydroxylation is 1. The minimum Gasteiger partial charge on any atom is -0.348 e. The fourth-order valence-corrected chi connectivity index (χ4v) is 3.47. The third-order valence-electron chi connectivity index (χ3n) is 4.42. The number of hydrogen-bond acceptors (Lipinski definition) is 2. The molecular formula is C22H20BrN3O. The summed E-state index contributed by atoms with van der Waals surface area (Å²) in [5.74, 6) is -0.243. The number of nitrogens with one attached hydrogen (secondary N) is 1. The van der Waals surface area contributed by atoms with Gasteiger partial charge in [-0.3, -0.25) is 4.79 Å². The maximum atomic E-state index is 12.9. The Bertz CT molecular complexity index is 973. The molecule has 0 saturated heterocycles. The molecule has 3 aromatic rings. The molecule has 0 fully saturated rings. The first-order valence-electron chi connectivity index (χ1n) is 8.81. The van der Waals surface area contributed by atoms with Crippen molar-refractivity contribution in [2.75, 3.05) is 0 Å². The van der Waals surface area contributed by atoms with Crippen LogP contribution in [0.1, 0.15) is 35.0 Å². The SMILES string of the molecule is CC(CCc1ccccc1)NC(=O)c1c(C#N)ccn1-c1ccccc1Br. The Labute approximate surface area is 167 Å². The summed E-state index contributed by atoms with van der Waals surface area (Å²) in [5.41, 5.74) is 2.78. The van der Waals surface area contributed by atoms with Crippen LogP contribution in [-0.4, -0.2) is 16.5 Å². The molecular weight excluding hydrogens is 402 g/mol. The van der Waals surface area contributed by atoms with Crippen molar-refractivity contribution in [2.24, 2.45) is 0 Å².